The van der Waals surface area contributed by atoms with Crippen molar-refractivity contribution in [3.63, 3.8) is 0 Å². The number of thiol groups is 1. The first-order valence-electron chi connectivity index (χ1n) is 1.57. The van der Waals surface area contributed by atoms with Gasteiger partial charge in [-0.1, -0.05) is 11.3 Å². The molecular weight excluding hydrogens is 194 g/mol. The van der Waals surface area contributed by atoms with Gasteiger partial charge in [0.05, 0.1) is 0 Å². The Kier molecular flexibility index (Phi) is 3.39. The van der Waals surface area contributed by atoms with E-state index in [1.54, 1.807) is 0 Å². The molecule has 0 saturated heterocycles. The van der Waals surface area contributed by atoms with Crippen LogP contribution in [0.3, 0.4) is 0 Å². The van der Waals surface area contributed by atoms with Crippen molar-refractivity contribution >= 4 is 29.1 Å². The number of hydrogen-bond donors (Lipinski definition) is 2. The van der Waals surface area contributed by atoms with Crippen molar-refractivity contribution in [2.75, 3.05) is 5.73 Å². The second-order valence-electron chi connectivity index (χ2n) is 0.923. The van der Waals surface area contributed by atoms with E-state index in [0.29, 0.717) is 9.47 Å². The zero-order valence-corrected chi connectivity index (χ0v) is 6.28. The molecule has 1 radical (unpaired) electrons. The summed E-state index contributed by atoms with van der Waals surface area (Å²) in [5.74, 6) is 0. The van der Waals surface area contributed by atoms with E-state index >= 15 is 0 Å². The fourth-order valence-corrected chi connectivity index (χ4v) is 0.902. The fourth-order valence-electron chi connectivity index (χ4n) is 0.226. The molecule has 3 nitrogen and oxygen atoms in total. The SMILES string of the molecule is Nc1nnc(S)s1.[Cu]. The molecule has 49 valence electrons. The van der Waals surface area contributed by atoms with Gasteiger partial charge < -0.3 is 5.73 Å². The molecule has 0 bridgehead atoms. The topological polar surface area (TPSA) is 51.8 Å². The third-order valence-corrected chi connectivity index (χ3v) is 1.35. The minimum Gasteiger partial charge on any atom is -0.374 e. The predicted molar refractivity (Wildman–Crippen MR) is 31.6 cm³/mol. The molecule has 0 aliphatic heterocycles. The minimum atomic E-state index is 0. The third kappa shape index (κ3) is 2.00. The molecule has 0 spiro atoms. The van der Waals surface area contributed by atoms with Crippen LogP contribution in [0.2, 0.25) is 0 Å². The van der Waals surface area contributed by atoms with Crippen molar-refractivity contribution in [2.24, 2.45) is 0 Å². The van der Waals surface area contributed by atoms with Crippen LogP contribution >= 0.6 is 24.0 Å². The Morgan fingerprint density at radius 3 is 2.25 bits per heavy atom. The summed E-state index contributed by atoms with van der Waals surface area (Å²) in [6, 6.07) is 0. The summed E-state index contributed by atoms with van der Waals surface area (Å²) in [7, 11) is 0. The molecule has 0 aliphatic rings. The van der Waals surface area contributed by atoms with Crippen LogP contribution in [-0.2, 0) is 17.1 Å². The molecule has 2 N–H and O–H groups in total. The van der Waals surface area contributed by atoms with Gasteiger partial charge in [-0.05, 0) is 0 Å². The van der Waals surface area contributed by atoms with E-state index in [4.69, 9.17) is 5.73 Å². The molecule has 0 amide bonds. The molecule has 0 aliphatic carbocycles. The van der Waals surface area contributed by atoms with Gasteiger partial charge in [0, 0.05) is 17.1 Å². The maximum Gasteiger partial charge on any atom is 0.203 e. The van der Waals surface area contributed by atoms with Gasteiger partial charge in [0.1, 0.15) is 0 Å². The zero-order valence-electron chi connectivity index (χ0n) is 3.63. The van der Waals surface area contributed by atoms with Gasteiger partial charge in [-0.2, -0.15) is 0 Å². The van der Waals surface area contributed by atoms with Crippen LogP contribution in [0.1, 0.15) is 0 Å². The number of nitrogen functional groups attached to an aromatic ring is 1. The Morgan fingerprint density at radius 1 is 1.50 bits per heavy atom. The summed E-state index contributed by atoms with van der Waals surface area (Å²) < 4.78 is 0.609. The average Bonchev–Trinajstić information content (AvgIpc) is 1.87. The van der Waals surface area contributed by atoms with E-state index in [2.05, 4.69) is 22.8 Å². The first-order valence-corrected chi connectivity index (χ1v) is 2.83. The molecule has 0 saturated carbocycles. The van der Waals surface area contributed by atoms with Crippen LogP contribution in [0.5, 0.6) is 0 Å². The number of rotatable bonds is 0. The van der Waals surface area contributed by atoms with Crippen molar-refractivity contribution in [3.05, 3.63) is 0 Å². The second kappa shape index (κ2) is 3.29. The van der Waals surface area contributed by atoms with Crippen molar-refractivity contribution in [2.45, 2.75) is 4.34 Å². The summed E-state index contributed by atoms with van der Waals surface area (Å²) in [5, 5.41) is 7.47. The van der Waals surface area contributed by atoms with E-state index in [9.17, 15) is 0 Å². The summed E-state index contributed by atoms with van der Waals surface area (Å²) in [6.45, 7) is 0. The van der Waals surface area contributed by atoms with Gasteiger partial charge in [0.2, 0.25) is 5.13 Å². The Labute approximate surface area is 66.6 Å². The Bertz CT molecular complexity index is 148. The van der Waals surface area contributed by atoms with Gasteiger partial charge >= 0.3 is 0 Å². The van der Waals surface area contributed by atoms with Crippen LogP contribution in [0.25, 0.3) is 0 Å². The molecule has 1 aromatic rings. The Hall–Kier alpha value is 0.229. The molecule has 0 unspecified atom stereocenters. The second-order valence-corrected chi connectivity index (χ2v) is 2.66. The monoisotopic (exact) mass is 196 g/mol. The Balaban J connectivity index is 0.000000490. The Morgan fingerprint density at radius 2 is 2.12 bits per heavy atom. The standard InChI is InChI=1S/C2H3N3S2.Cu/c3-1-4-5-2(6)7-1;/h(H2,3,4)(H,5,6);. The predicted octanol–water partition coefficient (Wildman–Crippen LogP) is 0.406. The van der Waals surface area contributed by atoms with Crippen molar-refractivity contribution < 1.29 is 17.1 Å². The summed E-state index contributed by atoms with van der Waals surface area (Å²) >= 11 is 5.13. The maximum atomic E-state index is 5.17. The van der Waals surface area contributed by atoms with Gasteiger partial charge in [-0.3, -0.25) is 0 Å². The van der Waals surface area contributed by atoms with Gasteiger partial charge in [0.15, 0.2) is 4.34 Å². The molecule has 0 fully saturated rings. The number of anilines is 1. The molecular formula is C2H3CuN3S2. The van der Waals surface area contributed by atoms with Gasteiger partial charge in [0.25, 0.3) is 0 Å². The van der Waals surface area contributed by atoms with Crippen LogP contribution < -0.4 is 5.73 Å². The smallest absolute Gasteiger partial charge is 0.203 e. The first-order chi connectivity index (χ1) is 3.29. The number of nitrogens with zero attached hydrogens (tertiary/aromatic N) is 2. The van der Waals surface area contributed by atoms with Crippen LogP contribution in [-0.4, -0.2) is 10.2 Å². The maximum absolute atomic E-state index is 5.17. The molecule has 0 atom stereocenters. The molecule has 1 aromatic heterocycles. The van der Waals surface area contributed by atoms with E-state index in [1.165, 1.54) is 11.3 Å². The molecule has 1 rings (SSSR count). The van der Waals surface area contributed by atoms with Crippen LogP contribution in [0, 0.1) is 0 Å². The summed E-state index contributed by atoms with van der Waals surface area (Å²) in [6.07, 6.45) is 0. The van der Waals surface area contributed by atoms with Crippen molar-refractivity contribution in [1.82, 2.24) is 10.2 Å². The first kappa shape index (κ1) is 8.23. The molecule has 0 aromatic carbocycles. The normalized spacial score (nSPS) is 8.12. The van der Waals surface area contributed by atoms with Crippen molar-refractivity contribution in [1.29, 1.82) is 0 Å². The van der Waals surface area contributed by atoms with Gasteiger partial charge in [-0.25, -0.2) is 0 Å². The summed E-state index contributed by atoms with van der Waals surface area (Å²) in [5.41, 5.74) is 5.17. The third-order valence-electron chi connectivity index (χ3n) is 0.430. The van der Waals surface area contributed by atoms with E-state index < -0.39 is 0 Å². The number of hydrogen-bond acceptors (Lipinski definition) is 5. The molecule has 6 heteroatoms. The van der Waals surface area contributed by atoms with E-state index in [-0.39, 0.29) is 17.1 Å². The van der Waals surface area contributed by atoms with E-state index in [0.717, 1.165) is 0 Å². The summed E-state index contributed by atoms with van der Waals surface area (Å²) in [4.78, 5) is 0. The minimum absolute atomic E-state index is 0. The average molecular weight is 197 g/mol. The molecule has 1 heterocycles. The van der Waals surface area contributed by atoms with Gasteiger partial charge in [-0.15, -0.1) is 22.8 Å². The fraction of sp³-hybridized carbons (Fsp3) is 0. The quantitative estimate of drug-likeness (QED) is 0.467. The largest absolute Gasteiger partial charge is 0.374 e. The molecule has 8 heavy (non-hydrogen) atoms. The number of aromatic nitrogens is 2. The van der Waals surface area contributed by atoms with E-state index in [1.807, 2.05) is 0 Å². The number of nitrogens with two attached hydrogens (primary N) is 1. The van der Waals surface area contributed by atoms with Crippen molar-refractivity contribution in [3.8, 4) is 0 Å². The zero-order chi connectivity index (χ0) is 5.28. The van der Waals surface area contributed by atoms with Crippen LogP contribution in [0.15, 0.2) is 4.34 Å². The van der Waals surface area contributed by atoms with Crippen LogP contribution in [0.4, 0.5) is 5.13 Å².